The average molecular weight is 226 g/mol. The van der Waals surface area contributed by atoms with Gasteiger partial charge in [-0.1, -0.05) is 27.7 Å². The first kappa shape index (κ1) is 13.5. The van der Waals surface area contributed by atoms with Gasteiger partial charge in [0.2, 0.25) is 0 Å². The second-order valence-corrected chi connectivity index (χ2v) is 5.83. The van der Waals surface area contributed by atoms with Crippen LogP contribution >= 0.6 is 0 Å². The highest BCUT2D eigenvalue weighted by molar-refractivity contribution is 5.30. The summed E-state index contributed by atoms with van der Waals surface area (Å²) >= 11 is 0. The predicted molar refractivity (Wildman–Crippen MR) is 67.6 cm³/mol. The molecule has 0 aliphatic heterocycles. The van der Waals surface area contributed by atoms with Crippen LogP contribution in [-0.4, -0.2) is 13.6 Å². The fourth-order valence-corrected chi connectivity index (χ4v) is 3.30. The summed E-state index contributed by atoms with van der Waals surface area (Å²) < 4.78 is 0. The molecule has 1 rings (SSSR count). The van der Waals surface area contributed by atoms with Crippen LogP contribution in [0.25, 0.3) is 0 Å². The Hall–Kier alpha value is -0.540. The van der Waals surface area contributed by atoms with Gasteiger partial charge in [0.15, 0.2) is 0 Å². The van der Waals surface area contributed by atoms with Crippen LogP contribution in [0.5, 0.6) is 0 Å². The zero-order valence-electron chi connectivity index (χ0n) is 11.5. The van der Waals surface area contributed by atoms with E-state index in [0.29, 0.717) is 5.92 Å². The molecular weight excluding hydrogens is 200 g/mol. The molecule has 0 spiro atoms. The second kappa shape index (κ2) is 4.38. The monoisotopic (exact) mass is 226 g/mol. The molecule has 0 aromatic heterocycles. The summed E-state index contributed by atoms with van der Waals surface area (Å²) in [6.07, 6.45) is 1.04. The molecule has 1 aliphatic rings. The first-order valence-corrected chi connectivity index (χ1v) is 6.05. The molecular formula is C13H26N2O. The minimum absolute atomic E-state index is 0.0516. The number of allylic oxidation sites excluding steroid dienone is 2. The van der Waals surface area contributed by atoms with E-state index in [0.717, 1.165) is 18.7 Å². The highest BCUT2D eigenvalue weighted by Gasteiger charge is 2.52. The maximum Gasteiger partial charge on any atom is 0.129 e. The topological polar surface area (TPSA) is 47.3 Å². The van der Waals surface area contributed by atoms with E-state index in [4.69, 9.17) is 10.6 Å². The van der Waals surface area contributed by atoms with Gasteiger partial charge in [-0.2, -0.15) is 5.48 Å². The van der Waals surface area contributed by atoms with Gasteiger partial charge in [0.1, 0.15) is 5.76 Å². The average Bonchev–Trinajstić information content (AvgIpc) is 2.30. The van der Waals surface area contributed by atoms with Crippen molar-refractivity contribution >= 4 is 0 Å². The third kappa shape index (κ3) is 1.87. The molecule has 0 saturated heterocycles. The fourth-order valence-electron chi connectivity index (χ4n) is 3.30. The molecule has 0 aromatic carbocycles. The van der Waals surface area contributed by atoms with Crippen molar-refractivity contribution in [2.24, 2.45) is 22.5 Å². The Morgan fingerprint density at radius 2 is 1.81 bits per heavy atom. The van der Waals surface area contributed by atoms with E-state index in [2.05, 4.69) is 40.1 Å². The smallest absolute Gasteiger partial charge is 0.129 e. The molecule has 0 amide bonds. The summed E-state index contributed by atoms with van der Waals surface area (Å²) in [4.78, 5) is 5.63. The molecule has 0 radical (unpaired) electrons. The van der Waals surface area contributed by atoms with Gasteiger partial charge in [-0.05, 0) is 36.8 Å². The minimum atomic E-state index is 0.0516. The van der Waals surface area contributed by atoms with Crippen molar-refractivity contribution in [3.8, 4) is 0 Å². The van der Waals surface area contributed by atoms with Gasteiger partial charge in [-0.25, -0.2) is 0 Å². The molecule has 1 unspecified atom stereocenters. The minimum Gasteiger partial charge on any atom is -0.413 e. The van der Waals surface area contributed by atoms with Crippen molar-refractivity contribution < 1.29 is 4.84 Å². The van der Waals surface area contributed by atoms with Gasteiger partial charge < -0.3 is 10.6 Å². The van der Waals surface area contributed by atoms with E-state index in [-0.39, 0.29) is 10.8 Å². The summed E-state index contributed by atoms with van der Waals surface area (Å²) in [7, 11) is 1.81. The maximum atomic E-state index is 5.74. The van der Waals surface area contributed by atoms with Crippen LogP contribution in [0.4, 0.5) is 0 Å². The van der Waals surface area contributed by atoms with Crippen LogP contribution in [-0.2, 0) is 4.84 Å². The number of hydroxylamine groups is 1. The lowest BCUT2D eigenvalue weighted by atomic mass is 9.68. The zero-order valence-corrected chi connectivity index (χ0v) is 11.5. The SMILES string of the molecule is CNOC1=C(C)C(C)(C)C(CCN)C1(C)C. The normalized spacial score (nSPS) is 27.3. The Morgan fingerprint density at radius 3 is 2.25 bits per heavy atom. The van der Waals surface area contributed by atoms with Crippen LogP contribution in [0, 0.1) is 16.7 Å². The van der Waals surface area contributed by atoms with Crippen LogP contribution < -0.4 is 11.2 Å². The number of rotatable bonds is 4. The Labute approximate surface area is 99.4 Å². The first-order valence-electron chi connectivity index (χ1n) is 6.05. The lowest BCUT2D eigenvalue weighted by Gasteiger charge is -2.36. The van der Waals surface area contributed by atoms with Crippen molar-refractivity contribution in [1.29, 1.82) is 0 Å². The molecule has 3 N–H and O–H groups in total. The molecule has 0 saturated carbocycles. The Kier molecular flexibility index (Phi) is 3.70. The van der Waals surface area contributed by atoms with Gasteiger partial charge in [-0.15, -0.1) is 0 Å². The molecule has 0 aromatic rings. The van der Waals surface area contributed by atoms with Crippen molar-refractivity contribution in [2.45, 2.75) is 41.0 Å². The van der Waals surface area contributed by atoms with Crippen LogP contribution in [0.15, 0.2) is 11.3 Å². The highest BCUT2D eigenvalue weighted by atomic mass is 16.6. The Balaban J connectivity index is 3.13. The summed E-state index contributed by atoms with van der Waals surface area (Å²) in [5.74, 6) is 1.62. The Bertz CT molecular complexity index is 292. The molecule has 3 heteroatoms. The summed E-state index contributed by atoms with van der Waals surface area (Å²) in [6, 6.07) is 0. The first-order chi connectivity index (χ1) is 7.30. The van der Waals surface area contributed by atoms with Crippen LogP contribution in [0.1, 0.15) is 41.0 Å². The van der Waals surface area contributed by atoms with E-state index in [9.17, 15) is 0 Å². The lowest BCUT2D eigenvalue weighted by molar-refractivity contribution is 0.0513. The van der Waals surface area contributed by atoms with Crippen molar-refractivity contribution in [3.05, 3.63) is 11.3 Å². The van der Waals surface area contributed by atoms with Gasteiger partial charge in [0.25, 0.3) is 0 Å². The molecule has 0 bridgehead atoms. The lowest BCUT2D eigenvalue weighted by Crippen LogP contribution is -2.33. The Morgan fingerprint density at radius 1 is 1.25 bits per heavy atom. The third-order valence-corrected chi connectivity index (χ3v) is 4.29. The zero-order chi connectivity index (χ0) is 12.6. The summed E-state index contributed by atoms with van der Waals surface area (Å²) in [5.41, 5.74) is 10.1. The predicted octanol–water partition coefficient (Wildman–Crippen LogP) is 2.44. The van der Waals surface area contributed by atoms with Gasteiger partial charge in [0, 0.05) is 12.5 Å². The number of nitrogens with one attached hydrogen (secondary N) is 1. The third-order valence-electron chi connectivity index (χ3n) is 4.29. The number of hydrogen-bond donors (Lipinski definition) is 2. The van der Waals surface area contributed by atoms with E-state index in [1.165, 1.54) is 5.57 Å². The van der Waals surface area contributed by atoms with E-state index in [1.54, 1.807) is 7.05 Å². The van der Waals surface area contributed by atoms with E-state index >= 15 is 0 Å². The number of hydrogen-bond acceptors (Lipinski definition) is 3. The molecule has 1 aliphatic carbocycles. The highest BCUT2D eigenvalue weighted by Crippen LogP contribution is 2.58. The van der Waals surface area contributed by atoms with Crippen molar-refractivity contribution in [3.63, 3.8) is 0 Å². The largest absolute Gasteiger partial charge is 0.413 e. The van der Waals surface area contributed by atoms with Gasteiger partial charge >= 0.3 is 0 Å². The standard InChI is InChI=1S/C13H26N2O/c1-9-11(16-15-6)13(4,5)10(7-8-14)12(9,2)3/h10,15H,7-8,14H2,1-6H3. The molecule has 0 heterocycles. The van der Waals surface area contributed by atoms with Crippen molar-refractivity contribution in [1.82, 2.24) is 5.48 Å². The van der Waals surface area contributed by atoms with Crippen LogP contribution in [0.2, 0.25) is 0 Å². The number of nitrogens with two attached hydrogens (primary N) is 1. The summed E-state index contributed by atoms with van der Waals surface area (Å²) in [5, 5.41) is 0. The van der Waals surface area contributed by atoms with E-state index < -0.39 is 0 Å². The molecule has 94 valence electrons. The fraction of sp³-hybridized carbons (Fsp3) is 0.846. The maximum absolute atomic E-state index is 5.74. The molecule has 0 fully saturated rings. The quantitative estimate of drug-likeness (QED) is 0.724. The van der Waals surface area contributed by atoms with Gasteiger partial charge in [-0.3, -0.25) is 0 Å². The van der Waals surface area contributed by atoms with Gasteiger partial charge in [0.05, 0.1) is 0 Å². The molecule has 3 nitrogen and oxygen atoms in total. The van der Waals surface area contributed by atoms with Crippen LogP contribution in [0.3, 0.4) is 0 Å². The van der Waals surface area contributed by atoms with Crippen molar-refractivity contribution in [2.75, 3.05) is 13.6 Å². The molecule has 1 atom stereocenters. The van der Waals surface area contributed by atoms with E-state index in [1.807, 2.05) is 0 Å². The summed E-state index contributed by atoms with van der Waals surface area (Å²) in [6.45, 7) is 12.0. The molecule has 16 heavy (non-hydrogen) atoms. The second-order valence-electron chi connectivity index (χ2n) is 5.83.